The molecule has 2 rings (SSSR count). The Labute approximate surface area is 145 Å². The van der Waals surface area contributed by atoms with Crippen LogP contribution in [0, 0.1) is 0 Å². The number of nitrogens with zero attached hydrogens (tertiary/aromatic N) is 1. The number of amides is 2. The Hall–Kier alpha value is -1.62. The third-order valence-corrected chi connectivity index (χ3v) is 6.16. The summed E-state index contributed by atoms with van der Waals surface area (Å²) in [7, 11) is -0.994. The van der Waals surface area contributed by atoms with E-state index in [1.165, 1.54) is 38.1 Å². The molecule has 1 aliphatic rings. The van der Waals surface area contributed by atoms with Crippen molar-refractivity contribution in [3.8, 4) is 0 Å². The molecule has 0 unspecified atom stereocenters. The molecule has 2 N–H and O–H groups in total. The lowest BCUT2D eigenvalue weighted by Crippen LogP contribution is -2.39. The van der Waals surface area contributed by atoms with Gasteiger partial charge in [0.15, 0.2) is 0 Å². The van der Waals surface area contributed by atoms with Crippen LogP contribution in [0.4, 0.5) is 5.69 Å². The van der Waals surface area contributed by atoms with E-state index in [0.29, 0.717) is 24.6 Å². The fraction of sp³-hybridized carbons (Fsp3) is 0.429. The Bertz CT molecular complexity index is 736. The van der Waals surface area contributed by atoms with Crippen LogP contribution >= 0.6 is 11.8 Å². The van der Waals surface area contributed by atoms with Crippen molar-refractivity contribution in [2.24, 2.45) is 0 Å². The van der Waals surface area contributed by atoms with Crippen LogP contribution in [-0.2, 0) is 24.3 Å². The number of likely N-dealkylation sites (N-methyl/N-ethyl adjacent to an activating group) is 1. The molecule has 0 atom stereocenters. The molecule has 0 aliphatic carbocycles. The topological polar surface area (TPSA) is 105 Å². The summed E-state index contributed by atoms with van der Waals surface area (Å²) in [5.74, 6) is -0.284. The summed E-state index contributed by atoms with van der Waals surface area (Å²) in [4.78, 5) is 24.0. The predicted molar refractivity (Wildman–Crippen MR) is 90.5 cm³/mol. The van der Waals surface area contributed by atoms with Crippen LogP contribution < -0.4 is 10.6 Å². The molecule has 1 aliphatic heterocycles. The van der Waals surface area contributed by atoms with E-state index in [1.807, 2.05) is 0 Å². The Balaban J connectivity index is 2.10. The molecule has 0 aromatic heterocycles. The van der Waals surface area contributed by atoms with Gasteiger partial charge in [-0.3, -0.25) is 9.59 Å². The van der Waals surface area contributed by atoms with Crippen LogP contribution in [0.15, 0.2) is 28.0 Å². The van der Waals surface area contributed by atoms with Crippen molar-refractivity contribution in [1.29, 1.82) is 0 Å². The second kappa shape index (κ2) is 7.97. The highest BCUT2D eigenvalue weighted by atomic mass is 32.2. The van der Waals surface area contributed by atoms with E-state index in [1.54, 1.807) is 6.07 Å². The van der Waals surface area contributed by atoms with Crippen molar-refractivity contribution in [1.82, 2.24) is 9.62 Å². The minimum atomic E-state index is -3.83. The molecule has 2 amide bonds. The number of nitrogens with one attached hydrogen (secondary N) is 2. The van der Waals surface area contributed by atoms with Crippen molar-refractivity contribution in [2.45, 2.75) is 9.79 Å². The number of ether oxygens (including phenoxy) is 1. The second-order valence-electron chi connectivity index (χ2n) is 5.10. The third kappa shape index (κ3) is 4.47. The molecule has 10 heteroatoms. The van der Waals surface area contributed by atoms with E-state index in [-0.39, 0.29) is 17.3 Å². The number of rotatable bonds is 7. The molecule has 1 aromatic carbocycles. The molecule has 1 heterocycles. The predicted octanol–water partition coefficient (Wildman–Crippen LogP) is 0.114. The number of hydrogen-bond acceptors (Lipinski definition) is 6. The van der Waals surface area contributed by atoms with Gasteiger partial charge >= 0.3 is 0 Å². The minimum Gasteiger partial charge on any atom is -0.383 e. The molecule has 0 bridgehead atoms. The lowest BCUT2D eigenvalue weighted by atomic mass is 10.3. The van der Waals surface area contributed by atoms with Gasteiger partial charge in [-0.2, -0.15) is 4.31 Å². The summed E-state index contributed by atoms with van der Waals surface area (Å²) < 4.78 is 30.9. The molecule has 0 saturated heterocycles. The van der Waals surface area contributed by atoms with Crippen LogP contribution in [0.5, 0.6) is 0 Å². The monoisotopic (exact) mass is 373 g/mol. The molecule has 0 fully saturated rings. The Morgan fingerprint density at radius 2 is 2.21 bits per heavy atom. The van der Waals surface area contributed by atoms with Gasteiger partial charge in [0.25, 0.3) is 0 Å². The van der Waals surface area contributed by atoms with E-state index in [4.69, 9.17) is 4.74 Å². The summed E-state index contributed by atoms with van der Waals surface area (Å²) in [5, 5.41) is 5.21. The van der Waals surface area contributed by atoms with E-state index >= 15 is 0 Å². The summed E-state index contributed by atoms with van der Waals surface area (Å²) in [6, 6.07) is 4.53. The zero-order valence-electron chi connectivity index (χ0n) is 13.4. The molecule has 0 radical (unpaired) electrons. The Morgan fingerprint density at radius 1 is 1.46 bits per heavy atom. The van der Waals surface area contributed by atoms with Gasteiger partial charge in [0, 0.05) is 25.6 Å². The molecule has 24 heavy (non-hydrogen) atoms. The van der Waals surface area contributed by atoms with E-state index in [2.05, 4.69) is 10.6 Å². The first-order valence-corrected chi connectivity index (χ1v) is 9.56. The summed E-state index contributed by atoms with van der Waals surface area (Å²) in [6.07, 6.45) is 0. The fourth-order valence-electron chi connectivity index (χ4n) is 2.04. The third-order valence-electron chi connectivity index (χ3n) is 3.29. The molecule has 0 saturated carbocycles. The van der Waals surface area contributed by atoms with Crippen molar-refractivity contribution in [2.75, 3.05) is 44.9 Å². The normalized spacial score (nSPS) is 14.2. The molecule has 1 aromatic rings. The van der Waals surface area contributed by atoms with Crippen LogP contribution in [0.3, 0.4) is 0 Å². The standard InChI is InChI=1S/C14H19N3O5S2/c1-17(8-13(18)15-5-6-22-2)24(20,21)10-3-4-12-11(7-10)16-14(19)9-23-12/h3-4,7H,5-6,8-9H2,1-2H3,(H,15,18)(H,16,19). The van der Waals surface area contributed by atoms with Crippen LogP contribution in [0.25, 0.3) is 0 Å². The number of methoxy groups -OCH3 is 1. The number of benzene rings is 1. The van der Waals surface area contributed by atoms with Crippen LogP contribution in [0.2, 0.25) is 0 Å². The molecular weight excluding hydrogens is 354 g/mol. The van der Waals surface area contributed by atoms with Gasteiger partial charge in [-0.05, 0) is 18.2 Å². The van der Waals surface area contributed by atoms with Crippen molar-refractivity contribution >= 4 is 39.3 Å². The maximum Gasteiger partial charge on any atom is 0.243 e. The van der Waals surface area contributed by atoms with Crippen LogP contribution in [0.1, 0.15) is 0 Å². The minimum absolute atomic E-state index is 0.0243. The number of fused-ring (bicyclic) bond motifs is 1. The first kappa shape index (κ1) is 18.7. The molecule has 8 nitrogen and oxygen atoms in total. The van der Waals surface area contributed by atoms with Gasteiger partial charge in [-0.25, -0.2) is 8.42 Å². The van der Waals surface area contributed by atoms with E-state index < -0.39 is 15.9 Å². The lowest BCUT2D eigenvalue weighted by molar-refractivity contribution is -0.121. The summed E-state index contributed by atoms with van der Waals surface area (Å²) in [6.45, 7) is 0.361. The number of thioether (sulfide) groups is 1. The second-order valence-corrected chi connectivity index (χ2v) is 8.16. The van der Waals surface area contributed by atoms with Gasteiger partial charge < -0.3 is 15.4 Å². The maximum atomic E-state index is 12.6. The number of sulfonamides is 1. The van der Waals surface area contributed by atoms with Gasteiger partial charge in [0.05, 0.1) is 29.5 Å². The fourth-order valence-corrected chi connectivity index (χ4v) is 3.98. The first-order valence-electron chi connectivity index (χ1n) is 7.13. The zero-order valence-corrected chi connectivity index (χ0v) is 15.0. The smallest absolute Gasteiger partial charge is 0.243 e. The lowest BCUT2D eigenvalue weighted by Gasteiger charge is -2.20. The number of anilines is 1. The SMILES string of the molecule is COCCNC(=O)CN(C)S(=O)(=O)c1ccc2c(c1)NC(=O)CS2. The highest BCUT2D eigenvalue weighted by Gasteiger charge is 2.25. The Morgan fingerprint density at radius 3 is 2.92 bits per heavy atom. The maximum absolute atomic E-state index is 12.6. The number of carbonyl (C=O) groups excluding carboxylic acids is 2. The molecule has 132 valence electrons. The van der Waals surface area contributed by atoms with Gasteiger partial charge in [0.2, 0.25) is 21.8 Å². The first-order chi connectivity index (χ1) is 11.3. The zero-order chi connectivity index (χ0) is 17.7. The summed E-state index contributed by atoms with van der Waals surface area (Å²) in [5.41, 5.74) is 0.468. The number of carbonyl (C=O) groups is 2. The molecule has 0 spiro atoms. The molecular formula is C14H19N3O5S2. The Kier molecular flexibility index (Phi) is 6.21. The highest BCUT2D eigenvalue weighted by Crippen LogP contribution is 2.33. The van der Waals surface area contributed by atoms with Gasteiger partial charge in [-0.15, -0.1) is 11.8 Å². The summed E-state index contributed by atoms with van der Waals surface area (Å²) >= 11 is 1.35. The van der Waals surface area contributed by atoms with Crippen molar-refractivity contribution < 1.29 is 22.7 Å². The number of hydrogen-bond donors (Lipinski definition) is 2. The van der Waals surface area contributed by atoms with Crippen LogP contribution in [-0.4, -0.2) is 64.1 Å². The van der Waals surface area contributed by atoms with Gasteiger partial charge in [0.1, 0.15) is 0 Å². The van der Waals surface area contributed by atoms with Crippen molar-refractivity contribution in [3.63, 3.8) is 0 Å². The average molecular weight is 373 g/mol. The largest absolute Gasteiger partial charge is 0.383 e. The van der Waals surface area contributed by atoms with E-state index in [0.717, 1.165) is 9.20 Å². The van der Waals surface area contributed by atoms with E-state index in [9.17, 15) is 18.0 Å². The van der Waals surface area contributed by atoms with Crippen molar-refractivity contribution in [3.05, 3.63) is 18.2 Å². The van der Waals surface area contributed by atoms with Gasteiger partial charge in [-0.1, -0.05) is 0 Å². The quantitative estimate of drug-likeness (QED) is 0.658. The average Bonchev–Trinajstić information content (AvgIpc) is 2.54. The highest BCUT2D eigenvalue weighted by molar-refractivity contribution is 8.00.